The summed E-state index contributed by atoms with van der Waals surface area (Å²) in [7, 11) is 1.99. The highest BCUT2D eigenvalue weighted by molar-refractivity contribution is 5.55. The lowest BCUT2D eigenvalue weighted by Crippen LogP contribution is -2.23. The highest BCUT2D eigenvalue weighted by Gasteiger charge is 2.08. The van der Waals surface area contributed by atoms with Gasteiger partial charge in [0.05, 0.1) is 5.69 Å². The molecular formula is C16H29N3. The van der Waals surface area contributed by atoms with E-state index >= 15 is 0 Å². The first-order valence-corrected chi connectivity index (χ1v) is 7.37. The van der Waals surface area contributed by atoms with Gasteiger partial charge in [0.15, 0.2) is 0 Å². The van der Waals surface area contributed by atoms with E-state index in [0.717, 1.165) is 19.5 Å². The minimum absolute atomic E-state index is 0.560. The van der Waals surface area contributed by atoms with Gasteiger partial charge in [-0.1, -0.05) is 46.3 Å². The van der Waals surface area contributed by atoms with E-state index in [-0.39, 0.29) is 0 Å². The number of rotatable bonds is 7. The number of nitrogens with zero attached hydrogens (tertiary/aromatic N) is 2. The van der Waals surface area contributed by atoms with Crippen molar-refractivity contribution in [3.63, 3.8) is 0 Å². The zero-order valence-corrected chi connectivity index (χ0v) is 13.3. The molecule has 0 aliphatic heterocycles. The van der Waals surface area contributed by atoms with Crippen LogP contribution in [0, 0.1) is 11.8 Å². The summed E-state index contributed by atoms with van der Waals surface area (Å²) in [6.45, 7) is 13.2. The van der Waals surface area contributed by atoms with E-state index in [1.54, 1.807) is 0 Å². The maximum Gasteiger partial charge on any atom is 0.0694 e. The third kappa shape index (κ3) is 5.19. The zero-order valence-electron chi connectivity index (χ0n) is 13.3. The van der Waals surface area contributed by atoms with Crippen LogP contribution in [0.4, 0.5) is 0 Å². The fourth-order valence-electron chi connectivity index (χ4n) is 2.07. The fourth-order valence-corrected chi connectivity index (χ4v) is 2.07. The van der Waals surface area contributed by atoms with Gasteiger partial charge in [-0.25, -0.2) is 0 Å². The molecule has 0 saturated carbocycles. The van der Waals surface area contributed by atoms with Crippen molar-refractivity contribution in [2.75, 3.05) is 13.1 Å². The molecule has 0 saturated heterocycles. The van der Waals surface area contributed by atoms with Crippen molar-refractivity contribution in [1.29, 1.82) is 0 Å². The largest absolute Gasteiger partial charge is 0.313 e. The van der Waals surface area contributed by atoms with E-state index < -0.39 is 0 Å². The van der Waals surface area contributed by atoms with Crippen molar-refractivity contribution in [3.8, 4) is 0 Å². The van der Waals surface area contributed by atoms with E-state index in [4.69, 9.17) is 0 Å². The summed E-state index contributed by atoms with van der Waals surface area (Å²) in [4.78, 5) is 0. The molecule has 0 aliphatic carbocycles. The van der Waals surface area contributed by atoms with E-state index in [0.29, 0.717) is 11.8 Å². The molecule has 19 heavy (non-hydrogen) atoms. The van der Waals surface area contributed by atoms with Gasteiger partial charge in [0.1, 0.15) is 0 Å². The fraction of sp³-hybridized carbons (Fsp3) is 0.688. The molecule has 0 bridgehead atoms. The SMILES string of the molecule is CCc1nn(C)cc1/C=C(/CNCC(C)C)C(C)C. The Morgan fingerprint density at radius 2 is 2.05 bits per heavy atom. The second kappa shape index (κ2) is 7.49. The molecule has 3 heteroatoms. The van der Waals surface area contributed by atoms with Gasteiger partial charge in [0.25, 0.3) is 0 Å². The van der Waals surface area contributed by atoms with E-state index in [2.05, 4.69) is 57.3 Å². The molecule has 1 N–H and O–H groups in total. The van der Waals surface area contributed by atoms with Crippen LogP contribution in [0.3, 0.4) is 0 Å². The summed E-state index contributed by atoms with van der Waals surface area (Å²) in [6, 6.07) is 0. The molecule has 3 nitrogen and oxygen atoms in total. The van der Waals surface area contributed by atoms with Crippen LogP contribution < -0.4 is 5.32 Å². The molecule has 1 aromatic rings. The maximum absolute atomic E-state index is 4.50. The van der Waals surface area contributed by atoms with Crippen molar-refractivity contribution in [3.05, 3.63) is 23.0 Å². The molecule has 0 aliphatic rings. The van der Waals surface area contributed by atoms with Gasteiger partial charge in [-0.15, -0.1) is 0 Å². The average molecular weight is 263 g/mol. The minimum Gasteiger partial charge on any atom is -0.313 e. The van der Waals surface area contributed by atoms with Crippen LogP contribution in [-0.2, 0) is 13.5 Å². The first-order chi connectivity index (χ1) is 8.93. The van der Waals surface area contributed by atoms with Crippen LogP contribution in [0.2, 0.25) is 0 Å². The van der Waals surface area contributed by atoms with Gasteiger partial charge in [-0.2, -0.15) is 5.10 Å². The van der Waals surface area contributed by atoms with Crippen LogP contribution in [-0.4, -0.2) is 22.9 Å². The molecule has 0 fully saturated rings. The Morgan fingerprint density at radius 1 is 1.37 bits per heavy atom. The van der Waals surface area contributed by atoms with Crippen LogP contribution in [0.15, 0.2) is 11.8 Å². The van der Waals surface area contributed by atoms with E-state index in [1.165, 1.54) is 16.8 Å². The second-order valence-electron chi connectivity index (χ2n) is 5.96. The third-order valence-electron chi connectivity index (χ3n) is 3.24. The van der Waals surface area contributed by atoms with Crippen molar-refractivity contribution in [2.45, 2.75) is 41.0 Å². The third-order valence-corrected chi connectivity index (χ3v) is 3.24. The van der Waals surface area contributed by atoms with Crippen molar-refractivity contribution >= 4 is 6.08 Å². The summed E-state index contributed by atoms with van der Waals surface area (Å²) in [6.07, 6.45) is 5.41. The predicted molar refractivity (Wildman–Crippen MR) is 83.1 cm³/mol. The number of nitrogens with one attached hydrogen (secondary N) is 1. The Hall–Kier alpha value is -1.09. The number of aromatic nitrogens is 2. The number of hydrogen-bond donors (Lipinski definition) is 1. The first-order valence-electron chi connectivity index (χ1n) is 7.37. The van der Waals surface area contributed by atoms with Crippen LogP contribution in [0.25, 0.3) is 6.08 Å². The quantitative estimate of drug-likeness (QED) is 0.818. The van der Waals surface area contributed by atoms with E-state index in [1.807, 2.05) is 11.7 Å². The molecular weight excluding hydrogens is 234 g/mol. The Labute approximate surface area is 118 Å². The van der Waals surface area contributed by atoms with Crippen molar-refractivity contribution < 1.29 is 0 Å². The average Bonchev–Trinajstić information content (AvgIpc) is 2.67. The van der Waals surface area contributed by atoms with Gasteiger partial charge in [0.2, 0.25) is 0 Å². The smallest absolute Gasteiger partial charge is 0.0694 e. The highest BCUT2D eigenvalue weighted by atomic mass is 15.2. The molecule has 1 aromatic heterocycles. The molecule has 0 amide bonds. The molecule has 108 valence electrons. The zero-order chi connectivity index (χ0) is 14.4. The molecule has 0 aromatic carbocycles. The Kier molecular flexibility index (Phi) is 6.29. The number of aryl methyl sites for hydroxylation is 2. The van der Waals surface area contributed by atoms with Gasteiger partial charge in [-0.05, 0) is 24.8 Å². The molecule has 1 heterocycles. The summed E-state index contributed by atoms with van der Waals surface area (Å²) >= 11 is 0. The Balaban J connectivity index is 2.82. The van der Waals surface area contributed by atoms with Gasteiger partial charge < -0.3 is 5.32 Å². The lowest BCUT2D eigenvalue weighted by molar-refractivity contribution is 0.558. The molecule has 0 spiro atoms. The molecule has 0 radical (unpaired) electrons. The lowest BCUT2D eigenvalue weighted by Gasteiger charge is -2.14. The van der Waals surface area contributed by atoms with Crippen molar-refractivity contribution in [2.24, 2.45) is 18.9 Å². The first kappa shape index (κ1) is 16.0. The molecule has 1 rings (SSSR count). The van der Waals surface area contributed by atoms with Crippen LogP contribution >= 0.6 is 0 Å². The maximum atomic E-state index is 4.50. The van der Waals surface area contributed by atoms with Gasteiger partial charge >= 0.3 is 0 Å². The summed E-state index contributed by atoms with van der Waals surface area (Å²) < 4.78 is 1.91. The Morgan fingerprint density at radius 3 is 2.58 bits per heavy atom. The van der Waals surface area contributed by atoms with Crippen molar-refractivity contribution in [1.82, 2.24) is 15.1 Å². The summed E-state index contributed by atoms with van der Waals surface area (Å²) in [5, 5.41) is 8.04. The topological polar surface area (TPSA) is 29.9 Å². The second-order valence-corrected chi connectivity index (χ2v) is 5.96. The predicted octanol–water partition coefficient (Wildman–Crippen LogP) is 3.27. The molecule has 0 unspecified atom stereocenters. The van der Waals surface area contributed by atoms with Crippen LogP contribution in [0.1, 0.15) is 45.9 Å². The van der Waals surface area contributed by atoms with E-state index in [9.17, 15) is 0 Å². The summed E-state index contributed by atoms with van der Waals surface area (Å²) in [5.41, 5.74) is 3.90. The van der Waals surface area contributed by atoms with Gasteiger partial charge in [0, 0.05) is 25.4 Å². The Bertz CT molecular complexity index is 414. The van der Waals surface area contributed by atoms with Gasteiger partial charge in [-0.3, -0.25) is 4.68 Å². The monoisotopic (exact) mass is 263 g/mol. The minimum atomic E-state index is 0.560. The number of hydrogen-bond acceptors (Lipinski definition) is 2. The lowest BCUT2D eigenvalue weighted by atomic mass is 10.00. The normalized spacial score (nSPS) is 12.7. The van der Waals surface area contributed by atoms with Crippen LogP contribution in [0.5, 0.6) is 0 Å². The highest BCUT2D eigenvalue weighted by Crippen LogP contribution is 2.17. The standard InChI is InChI=1S/C16H29N3/c1-7-16-15(11-19(6)18-16)8-14(13(4)5)10-17-9-12(2)3/h8,11-13,17H,7,9-10H2,1-6H3/b14-8-. The molecule has 0 atom stereocenters. The summed E-state index contributed by atoms with van der Waals surface area (Å²) in [5.74, 6) is 1.25.